The first-order valence-electron chi connectivity index (χ1n) is 7.47. The molecule has 2 rings (SSSR count). The van der Waals surface area contributed by atoms with Crippen molar-refractivity contribution in [1.82, 2.24) is 5.32 Å². The monoisotopic (exact) mass is 313 g/mol. The molecule has 0 aliphatic heterocycles. The maximum atomic E-state index is 12.2. The van der Waals surface area contributed by atoms with Crippen molar-refractivity contribution in [2.75, 3.05) is 0 Å². The topological polar surface area (TPSA) is 29.1 Å². The predicted octanol–water partition coefficient (Wildman–Crippen LogP) is 4.60. The summed E-state index contributed by atoms with van der Waals surface area (Å²) in [5.74, 6) is 0.0597. The van der Waals surface area contributed by atoms with E-state index in [1.807, 2.05) is 39.0 Å². The van der Waals surface area contributed by atoms with Gasteiger partial charge < -0.3 is 5.32 Å². The molecule has 0 bridgehead atoms. The molecule has 2 aromatic rings. The zero-order valence-corrected chi connectivity index (χ0v) is 14.5. The number of benzene rings is 2. The van der Waals surface area contributed by atoms with Crippen LogP contribution in [0.4, 0.5) is 0 Å². The standard InChI is InChI=1S/C19H23NOS/c1-14-9-11-16(12-10-14)22-17-8-6-5-7-15(17)13-18(21)20-19(2,3)4/h5-12H,13H2,1-4H3,(H,20,21). The summed E-state index contributed by atoms with van der Waals surface area (Å²) in [4.78, 5) is 14.5. The van der Waals surface area contributed by atoms with E-state index in [1.54, 1.807) is 11.8 Å². The van der Waals surface area contributed by atoms with Gasteiger partial charge in [-0.2, -0.15) is 0 Å². The van der Waals surface area contributed by atoms with Gasteiger partial charge in [0.05, 0.1) is 6.42 Å². The van der Waals surface area contributed by atoms with Gasteiger partial charge in [0.2, 0.25) is 5.91 Å². The van der Waals surface area contributed by atoms with Crippen molar-refractivity contribution >= 4 is 17.7 Å². The molecule has 0 saturated carbocycles. The lowest BCUT2D eigenvalue weighted by Crippen LogP contribution is -2.41. The average Bonchev–Trinajstić information content (AvgIpc) is 2.41. The molecular weight excluding hydrogens is 290 g/mol. The van der Waals surface area contributed by atoms with Gasteiger partial charge in [-0.25, -0.2) is 0 Å². The van der Waals surface area contributed by atoms with Crippen LogP contribution in [0.2, 0.25) is 0 Å². The minimum atomic E-state index is -0.198. The Morgan fingerprint density at radius 3 is 2.32 bits per heavy atom. The molecule has 2 nitrogen and oxygen atoms in total. The van der Waals surface area contributed by atoms with Crippen molar-refractivity contribution in [3.63, 3.8) is 0 Å². The molecule has 0 radical (unpaired) electrons. The highest BCUT2D eigenvalue weighted by Gasteiger charge is 2.15. The van der Waals surface area contributed by atoms with Gasteiger partial charge in [0, 0.05) is 15.3 Å². The molecule has 0 aliphatic carbocycles. The smallest absolute Gasteiger partial charge is 0.224 e. The quantitative estimate of drug-likeness (QED) is 0.893. The van der Waals surface area contributed by atoms with Crippen LogP contribution < -0.4 is 5.32 Å². The molecule has 0 unspecified atom stereocenters. The number of carbonyl (C=O) groups excluding carboxylic acids is 1. The number of nitrogens with one attached hydrogen (secondary N) is 1. The van der Waals surface area contributed by atoms with E-state index < -0.39 is 0 Å². The third kappa shape index (κ3) is 5.23. The first-order chi connectivity index (χ1) is 10.3. The van der Waals surface area contributed by atoms with Crippen molar-refractivity contribution in [2.45, 2.75) is 49.4 Å². The first kappa shape index (κ1) is 16.6. The summed E-state index contributed by atoms with van der Waals surface area (Å²) in [6.07, 6.45) is 0.409. The van der Waals surface area contributed by atoms with Gasteiger partial charge in [0.25, 0.3) is 0 Å². The number of hydrogen-bond donors (Lipinski definition) is 1. The van der Waals surface area contributed by atoms with Gasteiger partial charge in [-0.3, -0.25) is 4.79 Å². The minimum Gasteiger partial charge on any atom is -0.351 e. The van der Waals surface area contributed by atoms with Crippen LogP contribution in [0, 0.1) is 6.92 Å². The second-order valence-corrected chi connectivity index (χ2v) is 7.61. The van der Waals surface area contributed by atoms with Gasteiger partial charge in [0.1, 0.15) is 0 Å². The molecule has 0 aromatic heterocycles. The molecule has 116 valence electrons. The number of aryl methyl sites for hydroxylation is 1. The van der Waals surface area contributed by atoms with E-state index >= 15 is 0 Å². The second-order valence-electron chi connectivity index (χ2n) is 6.50. The molecule has 0 spiro atoms. The van der Waals surface area contributed by atoms with Gasteiger partial charge in [-0.15, -0.1) is 0 Å². The average molecular weight is 313 g/mol. The largest absolute Gasteiger partial charge is 0.351 e. The summed E-state index contributed by atoms with van der Waals surface area (Å²) < 4.78 is 0. The summed E-state index contributed by atoms with van der Waals surface area (Å²) in [6.45, 7) is 8.08. The number of amides is 1. The molecule has 0 fully saturated rings. The van der Waals surface area contributed by atoms with E-state index in [-0.39, 0.29) is 11.4 Å². The van der Waals surface area contributed by atoms with Crippen molar-refractivity contribution in [2.24, 2.45) is 0 Å². The molecular formula is C19H23NOS. The lowest BCUT2D eigenvalue weighted by Gasteiger charge is -2.21. The molecule has 3 heteroatoms. The third-order valence-corrected chi connectivity index (χ3v) is 4.21. The SMILES string of the molecule is Cc1ccc(Sc2ccccc2CC(=O)NC(C)(C)C)cc1. The highest BCUT2D eigenvalue weighted by Crippen LogP contribution is 2.30. The summed E-state index contributed by atoms with van der Waals surface area (Å²) in [5.41, 5.74) is 2.12. The van der Waals surface area contributed by atoms with Crippen molar-refractivity contribution < 1.29 is 4.79 Å². The summed E-state index contributed by atoms with van der Waals surface area (Å²) in [6, 6.07) is 16.6. The van der Waals surface area contributed by atoms with Crippen LogP contribution in [0.25, 0.3) is 0 Å². The first-order valence-corrected chi connectivity index (χ1v) is 8.28. The van der Waals surface area contributed by atoms with Crippen molar-refractivity contribution in [3.8, 4) is 0 Å². The zero-order chi connectivity index (χ0) is 16.2. The van der Waals surface area contributed by atoms with Gasteiger partial charge in [0.15, 0.2) is 0 Å². The normalized spacial score (nSPS) is 11.3. The molecule has 0 saturated heterocycles. The molecule has 1 amide bonds. The Morgan fingerprint density at radius 1 is 1.05 bits per heavy atom. The molecule has 0 heterocycles. The van der Waals surface area contributed by atoms with Crippen LogP contribution in [-0.2, 0) is 11.2 Å². The maximum absolute atomic E-state index is 12.2. The lowest BCUT2D eigenvalue weighted by molar-refractivity contribution is -0.121. The maximum Gasteiger partial charge on any atom is 0.224 e. The Bertz CT molecular complexity index is 641. The Balaban J connectivity index is 2.13. The highest BCUT2D eigenvalue weighted by molar-refractivity contribution is 7.99. The lowest BCUT2D eigenvalue weighted by atomic mass is 10.1. The molecule has 0 aliphatic rings. The summed E-state index contributed by atoms with van der Waals surface area (Å²) >= 11 is 1.70. The van der Waals surface area contributed by atoms with Crippen molar-refractivity contribution in [3.05, 3.63) is 59.7 Å². The Kier molecular flexibility index (Phi) is 5.30. The number of carbonyl (C=O) groups is 1. The van der Waals surface area contributed by atoms with Crippen LogP contribution in [0.15, 0.2) is 58.3 Å². The van der Waals surface area contributed by atoms with E-state index in [0.717, 1.165) is 10.5 Å². The molecule has 0 atom stereocenters. The van der Waals surface area contributed by atoms with Crippen LogP contribution >= 0.6 is 11.8 Å². The van der Waals surface area contributed by atoms with E-state index in [0.29, 0.717) is 6.42 Å². The van der Waals surface area contributed by atoms with Crippen LogP contribution in [-0.4, -0.2) is 11.4 Å². The van der Waals surface area contributed by atoms with E-state index in [2.05, 4.69) is 42.6 Å². The minimum absolute atomic E-state index is 0.0597. The van der Waals surface area contributed by atoms with E-state index in [4.69, 9.17) is 0 Å². The third-order valence-electron chi connectivity index (χ3n) is 3.09. The van der Waals surface area contributed by atoms with Crippen LogP contribution in [0.5, 0.6) is 0 Å². The summed E-state index contributed by atoms with van der Waals surface area (Å²) in [5, 5.41) is 3.02. The van der Waals surface area contributed by atoms with Gasteiger partial charge in [-0.1, -0.05) is 47.7 Å². The Morgan fingerprint density at radius 2 is 1.68 bits per heavy atom. The van der Waals surface area contributed by atoms with Crippen LogP contribution in [0.1, 0.15) is 31.9 Å². The Labute approximate surface area is 137 Å². The zero-order valence-electron chi connectivity index (χ0n) is 13.6. The molecule has 2 aromatic carbocycles. The molecule has 1 N–H and O–H groups in total. The van der Waals surface area contributed by atoms with Crippen molar-refractivity contribution in [1.29, 1.82) is 0 Å². The fourth-order valence-corrected chi connectivity index (χ4v) is 3.06. The van der Waals surface area contributed by atoms with Crippen LogP contribution in [0.3, 0.4) is 0 Å². The number of rotatable bonds is 4. The van der Waals surface area contributed by atoms with E-state index in [1.165, 1.54) is 10.5 Å². The summed E-state index contributed by atoms with van der Waals surface area (Å²) in [7, 11) is 0. The predicted molar refractivity (Wildman–Crippen MR) is 93.3 cm³/mol. The fraction of sp³-hybridized carbons (Fsp3) is 0.316. The van der Waals surface area contributed by atoms with Gasteiger partial charge in [-0.05, 0) is 51.5 Å². The number of hydrogen-bond acceptors (Lipinski definition) is 2. The second kappa shape index (κ2) is 7.01. The van der Waals surface area contributed by atoms with Gasteiger partial charge >= 0.3 is 0 Å². The van der Waals surface area contributed by atoms with E-state index in [9.17, 15) is 4.79 Å². The Hall–Kier alpha value is -1.74. The molecule has 22 heavy (non-hydrogen) atoms. The fourth-order valence-electron chi connectivity index (χ4n) is 2.12. The highest BCUT2D eigenvalue weighted by atomic mass is 32.2.